The van der Waals surface area contributed by atoms with Crippen LogP contribution in [0.5, 0.6) is 0 Å². The second-order valence-electron chi connectivity index (χ2n) is 9.00. The first-order valence-electron chi connectivity index (χ1n) is 11.2. The van der Waals surface area contributed by atoms with Crippen molar-refractivity contribution in [3.63, 3.8) is 0 Å². The lowest BCUT2D eigenvalue weighted by Crippen LogP contribution is -2.33. The van der Waals surface area contributed by atoms with Gasteiger partial charge in [0.25, 0.3) is 0 Å². The number of fused-ring (bicyclic) bond motifs is 5. The molecule has 0 spiro atoms. The van der Waals surface area contributed by atoms with E-state index in [4.69, 9.17) is 11.6 Å². The van der Waals surface area contributed by atoms with Crippen LogP contribution in [0, 0.1) is 30.6 Å². The average molecular weight is 452 g/mol. The van der Waals surface area contributed by atoms with E-state index in [0.29, 0.717) is 10.7 Å². The maximum atomic E-state index is 13.6. The number of hydrogen-bond acceptors (Lipinski definition) is 2. The Labute approximate surface area is 198 Å². The van der Waals surface area contributed by atoms with Gasteiger partial charge in [-0.3, -0.25) is 9.59 Å². The van der Waals surface area contributed by atoms with E-state index in [-0.39, 0.29) is 35.5 Å². The van der Waals surface area contributed by atoms with Crippen molar-refractivity contribution in [1.82, 2.24) is 0 Å². The fourth-order valence-corrected chi connectivity index (χ4v) is 5.96. The van der Waals surface area contributed by atoms with Crippen LogP contribution in [0.15, 0.2) is 96.6 Å². The summed E-state index contributed by atoms with van der Waals surface area (Å²) in [5.74, 6) is -1.16. The van der Waals surface area contributed by atoms with E-state index < -0.39 is 0 Å². The number of imide groups is 1. The third kappa shape index (κ3) is 2.96. The Hall–Kier alpha value is -3.43. The molecule has 0 aromatic heterocycles. The van der Waals surface area contributed by atoms with Gasteiger partial charge in [0, 0.05) is 16.9 Å². The van der Waals surface area contributed by atoms with Crippen molar-refractivity contribution in [3.05, 3.63) is 118 Å². The summed E-state index contributed by atoms with van der Waals surface area (Å²) < 4.78 is 0. The van der Waals surface area contributed by atoms with Gasteiger partial charge in [-0.1, -0.05) is 90.5 Å². The second kappa shape index (κ2) is 7.57. The molecule has 4 atom stereocenters. The molecule has 0 radical (unpaired) electrons. The van der Waals surface area contributed by atoms with Crippen LogP contribution in [0.25, 0.3) is 5.57 Å². The first-order chi connectivity index (χ1) is 16.1. The number of hydrogen-bond donors (Lipinski definition) is 0. The highest BCUT2D eigenvalue weighted by molar-refractivity contribution is 6.32. The Balaban J connectivity index is 1.48. The minimum absolute atomic E-state index is 0.0854. The minimum atomic E-state index is -0.370. The number of rotatable bonds is 3. The van der Waals surface area contributed by atoms with E-state index in [0.717, 1.165) is 22.3 Å². The number of carbonyl (C=O) groups excluding carboxylic acids is 2. The maximum absolute atomic E-state index is 13.6. The summed E-state index contributed by atoms with van der Waals surface area (Å²) in [5.41, 5.74) is 6.02. The number of aryl methyl sites for hydroxylation is 1. The standard InChI is InChI=1S/C29H22ClNO2/c1-17-12-13-20(16-23(17)30)31-28(32)26-21-14-15-22(27(26)29(31)33)25(21)24(18-8-4-2-5-9-18)19-10-6-3-7-11-19/h2-16,21-22,26-27H,1H3/t21-,22-,26-,27+/m0/s1. The van der Waals surface area contributed by atoms with Gasteiger partial charge in [-0.25, -0.2) is 4.90 Å². The Morgan fingerprint density at radius 2 is 1.27 bits per heavy atom. The first-order valence-corrected chi connectivity index (χ1v) is 11.6. The van der Waals surface area contributed by atoms with Gasteiger partial charge in [-0.15, -0.1) is 0 Å². The molecule has 0 unspecified atom stereocenters. The number of benzene rings is 3. The van der Waals surface area contributed by atoms with Crippen LogP contribution in [0.1, 0.15) is 16.7 Å². The number of allylic oxidation sites excluding steroid dienone is 3. The molecule has 3 aromatic rings. The quantitative estimate of drug-likeness (QED) is 0.358. The average Bonchev–Trinajstić information content (AvgIpc) is 3.47. The van der Waals surface area contributed by atoms with Gasteiger partial charge in [-0.05, 0) is 46.9 Å². The molecular weight excluding hydrogens is 430 g/mol. The van der Waals surface area contributed by atoms with Gasteiger partial charge in [0.15, 0.2) is 0 Å². The summed E-state index contributed by atoms with van der Waals surface area (Å²) >= 11 is 6.31. The number of amides is 2. The predicted molar refractivity (Wildman–Crippen MR) is 131 cm³/mol. The van der Waals surface area contributed by atoms with Crippen molar-refractivity contribution in [2.75, 3.05) is 4.90 Å². The molecule has 2 fully saturated rings. The molecule has 33 heavy (non-hydrogen) atoms. The maximum Gasteiger partial charge on any atom is 0.238 e. The van der Waals surface area contributed by atoms with Crippen LogP contribution in [0.3, 0.4) is 0 Å². The predicted octanol–water partition coefficient (Wildman–Crippen LogP) is 6.07. The van der Waals surface area contributed by atoms with Crippen molar-refractivity contribution < 1.29 is 9.59 Å². The summed E-state index contributed by atoms with van der Waals surface area (Å²) in [6.45, 7) is 1.91. The molecule has 2 bridgehead atoms. The molecule has 1 aliphatic heterocycles. The van der Waals surface area contributed by atoms with Crippen LogP contribution >= 0.6 is 11.6 Å². The zero-order valence-corrected chi connectivity index (χ0v) is 18.9. The smallest absolute Gasteiger partial charge is 0.238 e. The van der Waals surface area contributed by atoms with Gasteiger partial charge in [0.2, 0.25) is 11.8 Å². The highest BCUT2D eigenvalue weighted by atomic mass is 35.5. The molecule has 162 valence electrons. The lowest BCUT2D eigenvalue weighted by molar-refractivity contribution is -0.122. The number of carbonyl (C=O) groups is 2. The molecule has 2 amide bonds. The lowest BCUT2D eigenvalue weighted by atomic mass is 9.85. The zero-order chi connectivity index (χ0) is 22.7. The van der Waals surface area contributed by atoms with E-state index in [9.17, 15) is 9.59 Å². The molecule has 3 aromatic carbocycles. The lowest BCUT2D eigenvalue weighted by Gasteiger charge is -2.22. The molecule has 1 saturated carbocycles. The zero-order valence-electron chi connectivity index (χ0n) is 18.1. The van der Waals surface area contributed by atoms with Crippen molar-refractivity contribution in [2.24, 2.45) is 23.7 Å². The van der Waals surface area contributed by atoms with Crippen molar-refractivity contribution in [1.29, 1.82) is 0 Å². The highest BCUT2D eigenvalue weighted by Gasteiger charge is 2.62. The second-order valence-corrected chi connectivity index (χ2v) is 9.40. The normalized spacial score (nSPS) is 25.2. The Morgan fingerprint density at radius 3 is 1.76 bits per heavy atom. The Kier molecular flexibility index (Phi) is 4.63. The van der Waals surface area contributed by atoms with Crippen molar-refractivity contribution in [3.8, 4) is 0 Å². The monoisotopic (exact) mass is 451 g/mol. The van der Waals surface area contributed by atoms with Gasteiger partial charge < -0.3 is 0 Å². The van der Waals surface area contributed by atoms with Crippen molar-refractivity contribution >= 4 is 34.7 Å². The van der Waals surface area contributed by atoms with Crippen LogP contribution in [0.4, 0.5) is 5.69 Å². The fourth-order valence-electron chi connectivity index (χ4n) is 5.78. The van der Waals surface area contributed by atoms with Gasteiger partial charge in [0.1, 0.15) is 0 Å². The molecule has 3 aliphatic rings. The summed E-state index contributed by atoms with van der Waals surface area (Å²) in [7, 11) is 0. The molecule has 0 N–H and O–H groups in total. The van der Waals surface area contributed by atoms with E-state index in [1.807, 2.05) is 55.5 Å². The molecule has 1 saturated heterocycles. The van der Waals surface area contributed by atoms with Crippen LogP contribution in [-0.4, -0.2) is 11.8 Å². The van der Waals surface area contributed by atoms with Gasteiger partial charge >= 0.3 is 0 Å². The molecular formula is C29H22ClNO2. The molecule has 4 heteroatoms. The Morgan fingerprint density at radius 1 is 0.758 bits per heavy atom. The summed E-state index contributed by atoms with van der Waals surface area (Å²) in [6.07, 6.45) is 4.26. The van der Waals surface area contributed by atoms with Crippen LogP contribution in [-0.2, 0) is 9.59 Å². The summed E-state index contributed by atoms with van der Waals surface area (Å²) in [4.78, 5) is 28.6. The molecule has 6 rings (SSSR count). The third-order valence-corrected chi connectivity index (χ3v) is 7.65. The van der Waals surface area contributed by atoms with Crippen molar-refractivity contribution in [2.45, 2.75) is 6.92 Å². The van der Waals surface area contributed by atoms with Crippen LogP contribution < -0.4 is 4.90 Å². The Bertz CT molecular complexity index is 1270. The van der Waals surface area contributed by atoms with E-state index in [1.165, 1.54) is 10.5 Å². The van der Waals surface area contributed by atoms with E-state index >= 15 is 0 Å². The third-order valence-electron chi connectivity index (χ3n) is 7.24. The first kappa shape index (κ1) is 20.2. The molecule has 2 aliphatic carbocycles. The van der Waals surface area contributed by atoms with E-state index in [1.54, 1.807) is 6.07 Å². The minimum Gasteiger partial charge on any atom is -0.274 e. The van der Waals surface area contributed by atoms with Gasteiger partial charge in [-0.2, -0.15) is 0 Å². The van der Waals surface area contributed by atoms with Crippen LogP contribution in [0.2, 0.25) is 5.02 Å². The summed E-state index contributed by atoms with van der Waals surface area (Å²) in [6, 6.07) is 25.9. The molecule has 3 nitrogen and oxygen atoms in total. The molecule has 1 heterocycles. The number of nitrogens with zero attached hydrogens (tertiary/aromatic N) is 1. The highest BCUT2D eigenvalue weighted by Crippen LogP contribution is 2.58. The van der Waals surface area contributed by atoms with E-state index in [2.05, 4.69) is 36.4 Å². The topological polar surface area (TPSA) is 37.4 Å². The summed E-state index contributed by atoms with van der Waals surface area (Å²) in [5, 5.41) is 0.558. The number of anilines is 1. The SMILES string of the molecule is Cc1ccc(N2C(=O)[C@@H]3[C@H](C2=O)[C@H]2C=C[C@H]3C2=C(c2ccccc2)c2ccccc2)cc1Cl. The fraction of sp³-hybridized carbons (Fsp3) is 0.172. The largest absolute Gasteiger partial charge is 0.274 e. The number of halogens is 1. The van der Waals surface area contributed by atoms with Gasteiger partial charge in [0.05, 0.1) is 17.5 Å².